The molecule has 0 spiro atoms. The van der Waals surface area contributed by atoms with Crippen molar-refractivity contribution in [1.29, 1.82) is 0 Å². The van der Waals surface area contributed by atoms with Crippen LogP contribution in [-0.2, 0) is 9.59 Å². The van der Waals surface area contributed by atoms with Crippen LogP contribution in [0.2, 0.25) is 0 Å². The molecule has 4 nitrogen and oxygen atoms in total. The fourth-order valence-corrected chi connectivity index (χ4v) is 3.34. The van der Waals surface area contributed by atoms with Crippen molar-refractivity contribution in [3.63, 3.8) is 0 Å². The first-order chi connectivity index (χ1) is 10.6. The molecule has 0 N–H and O–H groups in total. The molecule has 1 aromatic carbocycles. The average molecular weight is 304 g/mol. The van der Waals surface area contributed by atoms with Crippen molar-refractivity contribution in [1.82, 2.24) is 9.80 Å². The Labute approximate surface area is 129 Å². The summed E-state index contributed by atoms with van der Waals surface area (Å²) in [5.41, 5.74) is 0.687. The molecule has 2 fully saturated rings. The summed E-state index contributed by atoms with van der Waals surface area (Å²) in [4.78, 5) is 27.6. The number of piperidine rings is 1. The number of likely N-dealkylation sites (tertiary alicyclic amines) is 2. The lowest BCUT2D eigenvalue weighted by molar-refractivity contribution is -0.141. The van der Waals surface area contributed by atoms with Crippen molar-refractivity contribution in [2.24, 2.45) is 0 Å². The van der Waals surface area contributed by atoms with Gasteiger partial charge >= 0.3 is 0 Å². The number of amides is 2. The SMILES string of the molecule is O=C1CCCCN1CC(=O)N1CCC(c2ccccc2F)C1. The van der Waals surface area contributed by atoms with Crippen LogP contribution in [0.4, 0.5) is 4.39 Å². The van der Waals surface area contributed by atoms with Crippen molar-refractivity contribution in [2.45, 2.75) is 31.6 Å². The standard InChI is InChI=1S/C17H21FN2O2/c18-15-6-2-1-5-14(15)13-8-10-20(11-13)17(22)12-19-9-4-3-7-16(19)21/h1-2,5-6,13H,3-4,7-12H2. The molecule has 0 aromatic heterocycles. The Morgan fingerprint density at radius 2 is 2.05 bits per heavy atom. The van der Waals surface area contributed by atoms with Gasteiger partial charge in [0.15, 0.2) is 0 Å². The monoisotopic (exact) mass is 304 g/mol. The second-order valence-electron chi connectivity index (χ2n) is 6.12. The maximum absolute atomic E-state index is 13.8. The quantitative estimate of drug-likeness (QED) is 0.858. The smallest absolute Gasteiger partial charge is 0.242 e. The van der Waals surface area contributed by atoms with Crippen molar-refractivity contribution in [3.8, 4) is 0 Å². The number of carbonyl (C=O) groups is 2. The Kier molecular flexibility index (Phi) is 4.41. The predicted octanol–water partition coefficient (Wildman–Crippen LogP) is 2.15. The van der Waals surface area contributed by atoms with E-state index >= 15 is 0 Å². The molecule has 22 heavy (non-hydrogen) atoms. The lowest BCUT2D eigenvalue weighted by atomic mass is 9.98. The van der Waals surface area contributed by atoms with E-state index in [1.54, 1.807) is 21.9 Å². The Morgan fingerprint density at radius 1 is 1.23 bits per heavy atom. The van der Waals surface area contributed by atoms with Gasteiger partial charge in [-0.05, 0) is 30.9 Å². The highest BCUT2D eigenvalue weighted by molar-refractivity contribution is 5.85. The van der Waals surface area contributed by atoms with E-state index in [2.05, 4.69) is 0 Å². The minimum atomic E-state index is -0.201. The molecule has 0 saturated carbocycles. The average Bonchev–Trinajstić information content (AvgIpc) is 3.00. The van der Waals surface area contributed by atoms with Crippen LogP contribution < -0.4 is 0 Å². The van der Waals surface area contributed by atoms with Gasteiger partial charge in [-0.3, -0.25) is 9.59 Å². The van der Waals surface area contributed by atoms with Crippen LogP contribution in [0.25, 0.3) is 0 Å². The molecule has 2 amide bonds. The summed E-state index contributed by atoms with van der Waals surface area (Å²) < 4.78 is 13.8. The summed E-state index contributed by atoms with van der Waals surface area (Å²) >= 11 is 0. The summed E-state index contributed by atoms with van der Waals surface area (Å²) in [7, 11) is 0. The van der Waals surface area contributed by atoms with Gasteiger partial charge < -0.3 is 9.80 Å². The molecule has 118 valence electrons. The van der Waals surface area contributed by atoms with E-state index < -0.39 is 0 Å². The lowest BCUT2D eigenvalue weighted by Crippen LogP contribution is -2.44. The molecule has 0 bridgehead atoms. The third-order valence-corrected chi connectivity index (χ3v) is 4.63. The third kappa shape index (κ3) is 3.13. The Morgan fingerprint density at radius 3 is 2.82 bits per heavy atom. The molecular weight excluding hydrogens is 283 g/mol. The zero-order valence-electron chi connectivity index (χ0n) is 12.6. The van der Waals surface area contributed by atoms with E-state index in [-0.39, 0.29) is 30.1 Å². The summed E-state index contributed by atoms with van der Waals surface area (Å²) in [6, 6.07) is 6.77. The topological polar surface area (TPSA) is 40.6 Å². The minimum Gasteiger partial charge on any atom is -0.341 e. The molecule has 2 heterocycles. The van der Waals surface area contributed by atoms with E-state index in [4.69, 9.17) is 0 Å². The maximum atomic E-state index is 13.8. The van der Waals surface area contributed by atoms with Crippen molar-refractivity contribution >= 4 is 11.8 Å². The number of halogens is 1. The number of nitrogens with zero attached hydrogens (tertiary/aromatic N) is 2. The molecule has 0 aliphatic carbocycles. The highest BCUT2D eigenvalue weighted by Crippen LogP contribution is 2.29. The van der Waals surface area contributed by atoms with Gasteiger partial charge in [0.1, 0.15) is 5.82 Å². The van der Waals surface area contributed by atoms with Crippen LogP contribution >= 0.6 is 0 Å². The maximum Gasteiger partial charge on any atom is 0.242 e. The van der Waals surface area contributed by atoms with E-state index in [0.717, 1.165) is 19.3 Å². The van der Waals surface area contributed by atoms with Crippen LogP contribution in [-0.4, -0.2) is 47.8 Å². The number of hydrogen-bond acceptors (Lipinski definition) is 2. The van der Waals surface area contributed by atoms with Crippen molar-refractivity contribution < 1.29 is 14.0 Å². The molecule has 1 atom stereocenters. The summed E-state index contributed by atoms with van der Waals surface area (Å²) in [6.07, 6.45) is 3.21. The van der Waals surface area contributed by atoms with Crippen LogP contribution in [0.1, 0.15) is 37.2 Å². The van der Waals surface area contributed by atoms with Gasteiger partial charge in [-0.15, -0.1) is 0 Å². The molecule has 3 rings (SSSR count). The van der Waals surface area contributed by atoms with Gasteiger partial charge in [-0.2, -0.15) is 0 Å². The number of hydrogen-bond donors (Lipinski definition) is 0. The zero-order valence-corrected chi connectivity index (χ0v) is 12.6. The third-order valence-electron chi connectivity index (χ3n) is 4.63. The highest BCUT2D eigenvalue weighted by atomic mass is 19.1. The van der Waals surface area contributed by atoms with Gasteiger partial charge in [0, 0.05) is 32.0 Å². The van der Waals surface area contributed by atoms with Crippen LogP contribution in [0, 0.1) is 5.82 Å². The van der Waals surface area contributed by atoms with Gasteiger partial charge in [0.25, 0.3) is 0 Å². The van der Waals surface area contributed by atoms with E-state index in [0.29, 0.717) is 31.6 Å². The molecule has 1 unspecified atom stereocenters. The van der Waals surface area contributed by atoms with Crippen molar-refractivity contribution in [3.05, 3.63) is 35.6 Å². The van der Waals surface area contributed by atoms with E-state index in [1.807, 2.05) is 6.07 Å². The Hall–Kier alpha value is -1.91. The number of rotatable bonds is 3. The van der Waals surface area contributed by atoms with Gasteiger partial charge in [0.2, 0.25) is 11.8 Å². The number of benzene rings is 1. The summed E-state index contributed by atoms with van der Waals surface area (Å²) in [6.45, 7) is 2.03. The predicted molar refractivity (Wildman–Crippen MR) is 80.8 cm³/mol. The number of carbonyl (C=O) groups excluding carboxylic acids is 2. The highest BCUT2D eigenvalue weighted by Gasteiger charge is 2.30. The van der Waals surface area contributed by atoms with Crippen LogP contribution in [0.5, 0.6) is 0 Å². The molecule has 2 aliphatic heterocycles. The molecule has 0 radical (unpaired) electrons. The fraction of sp³-hybridized carbons (Fsp3) is 0.529. The zero-order chi connectivity index (χ0) is 15.5. The van der Waals surface area contributed by atoms with Gasteiger partial charge in [-0.1, -0.05) is 18.2 Å². The Balaban J connectivity index is 1.59. The van der Waals surface area contributed by atoms with Gasteiger partial charge in [-0.25, -0.2) is 4.39 Å². The van der Waals surface area contributed by atoms with Gasteiger partial charge in [0.05, 0.1) is 6.54 Å². The molecular formula is C17H21FN2O2. The van der Waals surface area contributed by atoms with Crippen LogP contribution in [0.3, 0.4) is 0 Å². The van der Waals surface area contributed by atoms with Crippen molar-refractivity contribution in [2.75, 3.05) is 26.2 Å². The fourth-order valence-electron chi connectivity index (χ4n) is 3.34. The summed E-state index contributed by atoms with van der Waals surface area (Å²) in [5, 5.41) is 0. The minimum absolute atomic E-state index is 0.0194. The molecule has 2 aliphatic rings. The molecule has 1 aromatic rings. The Bertz CT molecular complexity index is 576. The first-order valence-electron chi connectivity index (χ1n) is 7.95. The second kappa shape index (κ2) is 6.46. The summed E-state index contributed by atoms with van der Waals surface area (Å²) in [5.74, 6) is -0.0891. The first kappa shape index (κ1) is 15.0. The molecule has 5 heteroatoms. The normalized spacial score (nSPS) is 22.2. The largest absolute Gasteiger partial charge is 0.341 e. The second-order valence-corrected chi connectivity index (χ2v) is 6.12. The van der Waals surface area contributed by atoms with E-state index in [1.165, 1.54) is 6.07 Å². The van der Waals surface area contributed by atoms with E-state index in [9.17, 15) is 14.0 Å². The lowest BCUT2D eigenvalue weighted by Gasteiger charge is -2.28. The molecule has 2 saturated heterocycles. The first-order valence-corrected chi connectivity index (χ1v) is 7.95. The van der Waals surface area contributed by atoms with Crippen LogP contribution in [0.15, 0.2) is 24.3 Å².